The number of benzene rings is 1. The maximum absolute atomic E-state index is 12.2. The zero-order valence-corrected chi connectivity index (χ0v) is 14.9. The molecule has 0 unspecified atom stereocenters. The molecule has 0 heterocycles. The van der Waals surface area contributed by atoms with E-state index in [2.05, 4.69) is 5.32 Å². The van der Waals surface area contributed by atoms with E-state index in [-0.39, 0.29) is 36.2 Å². The fourth-order valence-corrected chi connectivity index (χ4v) is 2.83. The third-order valence-electron chi connectivity index (χ3n) is 4.28. The molecule has 2 amide bonds. The number of carbonyl (C=O) groups excluding carboxylic acids is 2. The molecule has 0 bridgehead atoms. The first-order valence-corrected chi connectivity index (χ1v) is 7.90. The van der Waals surface area contributed by atoms with E-state index in [1.165, 1.54) is 4.90 Å². The van der Waals surface area contributed by atoms with Crippen LogP contribution in [0.5, 0.6) is 0 Å². The van der Waals surface area contributed by atoms with Gasteiger partial charge in [0.15, 0.2) is 0 Å². The summed E-state index contributed by atoms with van der Waals surface area (Å²) < 4.78 is 0. The molecule has 3 atom stereocenters. The average molecular weight is 356 g/mol. The quantitative estimate of drug-likeness (QED) is 0.748. The van der Waals surface area contributed by atoms with Gasteiger partial charge in [-0.1, -0.05) is 12.1 Å². The minimum Gasteiger partial charge on any atom is -0.392 e. The summed E-state index contributed by atoms with van der Waals surface area (Å²) in [7, 11) is 3.41. The van der Waals surface area contributed by atoms with Crippen LogP contribution < -0.4 is 11.1 Å². The van der Waals surface area contributed by atoms with E-state index in [1.807, 2.05) is 12.1 Å². The van der Waals surface area contributed by atoms with Crippen LogP contribution in [0.1, 0.15) is 35.2 Å². The van der Waals surface area contributed by atoms with Gasteiger partial charge in [-0.05, 0) is 37.0 Å². The summed E-state index contributed by atoms with van der Waals surface area (Å²) in [6, 6.07) is 6.91. The summed E-state index contributed by atoms with van der Waals surface area (Å²) in [5.41, 5.74) is 7.31. The molecule has 4 N–H and O–H groups in total. The van der Waals surface area contributed by atoms with Gasteiger partial charge < -0.3 is 21.1 Å². The lowest BCUT2D eigenvalue weighted by Gasteiger charge is -2.30. The van der Waals surface area contributed by atoms with Crippen molar-refractivity contribution in [1.29, 1.82) is 0 Å². The van der Waals surface area contributed by atoms with Gasteiger partial charge in [0.1, 0.15) is 0 Å². The highest BCUT2D eigenvalue weighted by atomic mass is 35.5. The fraction of sp³-hybridized carbons (Fsp3) is 0.529. The van der Waals surface area contributed by atoms with Crippen LogP contribution in [-0.4, -0.2) is 48.1 Å². The Morgan fingerprint density at radius 1 is 1.33 bits per heavy atom. The second-order valence-electron chi connectivity index (χ2n) is 6.36. The molecule has 1 aromatic carbocycles. The number of aliphatic hydroxyl groups excluding tert-OH is 1. The van der Waals surface area contributed by atoms with Gasteiger partial charge in [0, 0.05) is 38.2 Å². The second-order valence-corrected chi connectivity index (χ2v) is 6.36. The van der Waals surface area contributed by atoms with E-state index >= 15 is 0 Å². The molecule has 134 valence electrons. The third kappa shape index (κ3) is 5.19. The highest BCUT2D eigenvalue weighted by Crippen LogP contribution is 2.23. The number of hydrogen-bond acceptors (Lipinski definition) is 4. The van der Waals surface area contributed by atoms with Crippen LogP contribution in [0.3, 0.4) is 0 Å². The molecule has 0 radical (unpaired) electrons. The summed E-state index contributed by atoms with van der Waals surface area (Å²) in [5, 5.41) is 12.5. The SMILES string of the molecule is CN(C)C(=O)c1cccc(CNC(=O)[C@H]2CC[C@@H](O)[C@H](N)C2)c1.Cl. The minimum absolute atomic E-state index is 0. The van der Waals surface area contributed by atoms with Crippen molar-refractivity contribution in [3.8, 4) is 0 Å². The van der Waals surface area contributed by atoms with E-state index in [9.17, 15) is 14.7 Å². The van der Waals surface area contributed by atoms with Gasteiger partial charge in [0.25, 0.3) is 5.91 Å². The molecule has 1 saturated carbocycles. The van der Waals surface area contributed by atoms with Crippen molar-refractivity contribution in [2.45, 2.75) is 38.0 Å². The largest absolute Gasteiger partial charge is 0.392 e. The lowest BCUT2D eigenvalue weighted by Crippen LogP contribution is -2.44. The number of amides is 2. The van der Waals surface area contributed by atoms with Gasteiger partial charge >= 0.3 is 0 Å². The smallest absolute Gasteiger partial charge is 0.253 e. The molecule has 1 aliphatic carbocycles. The Morgan fingerprint density at radius 3 is 2.67 bits per heavy atom. The van der Waals surface area contributed by atoms with Crippen LogP contribution >= 0.6 is 12.4 Å². The standard InChI is InChI=1S/C17H25N3O3.ClH/c1-20(2)17(23)13-5-3-4-11(8-13)10-19-16(22)12-6-7-15(21)14(18)9-12;/h3-5,8,12,14-15,21H,6-7,9-10,18H2,1-2H3,(H,19,22);1H/t12-,14+,15+;/m0./s1. The maximum atomic E-state index is 12.2. The average Bonchev–Trinajstić information content (AvgIpc) is 2.54. The number of aliphatic hydroxyl groups is 1. The van der Waals surface area contributed by atoms with E-state index < -0.39 is 6.10 Å². The van der Waals surface area contributed by atoms with Crippen molar-refractivity contribution in [1.82, 2.24) is 10.2 Å². The molecule has 2 rings (SSSR count). The van der Waals surface area contributed by atoms with Crippen molar-refractivity contribution in [2.24, 2.45) is 11.7 Å². The molecule has 0 aromatic heterocycles. The molecule has 0 spiro atoms. The first kappa shape index (κ1) is 20.4. The topological polar surface area (TPSA) is 95.7 Å². The van der Waals surface area contributed by atoms with Gasteiger partial charge in [0.2, 0.25) is 5.91 Å². The number of nitrogens with two attached hydrogens (primary N) is 1. The Labute approximate surface area is 148 Å². The Morgan fingerprint density at radius 2 is 2.04 bits per heavy atom. The summed E-state index contributed by atoms with van der Waals surface area (Å²) in [6.07, 6.45) is 1.21. The Hall–Kier alpha value is -1.63. The Kier molecular flexibility index (Phi) is 7.66. The maximum Gasteiger partial charge on any atom is 0.253 e. The van der Waals surface area contributed by atoms with Crippen molar-refractivity contribution in [3.63, 3.8) is 0 Å². The number of nitrogens with zero attached hydrogens (tertiary/aromatic N) is 1. The summed E-state index contributed by atoms with van der Waals surface area (Å²) >= 11 is 0. The first-order valence-electron chi connectivity index (χ1n) is 7.90. The number of hydrogen-bond donors (Lipinski definition) is 3. The van der Waals surface area contributed by atoms with Gasteiger partial charge in [-0.2, -0.15) is 0 Å². The zero-order chi connectivity index (χ0) is 17.0. The van der Waals surface area contributed by atoms with Crippen molar-refractivity contribution < 1.29 is 14.7 Å². The highest BCUT2D eigenvalue weighted by molar-refractivity contribution is 5.94. The Bertz CT molecular complexity index is 580. The third-order valence-corrected chi connectivity index (χ3v) is 4.28. The number of nitrogens with one attached hydrogen (secondary N) is 1. The summed E-state index contributed by atoms with van der Waals surface area (Å²) in [5.74, 6) is -0.262. The predicted molar refractivity (Wildman–Crippen MR) is 94.9 cm³/mol. The van der Waals surface area contributed by atoms with Crippen LogP contribution in [0.2, 0.25) is 0 Å². The van der Waals surface area contributed by atoms with Crippen LogP contribution in [0, 0.1) is 5.92 Å². The monoisotopic (exact) mass is 355 g/mol. The predicted octanol–water partition coefficient (Wildman–Crippen LogP) is 0.915. The molecule has 7 heteroatoms. The van der Waals surface area contributed by atoms with Crippen molar-refractivity contribution in [3.05, 3.63) is 35.4 Å². The molecular formula is C17H26ClN3O3. The van der Waals surface area contributed by atoms with Crippen LogP contribution in [0.15, 0.2) is 24.3 Å². The van der Waals surface area contributed by atoms with E-state index in [4.69, 9.17) is 5.73 Å². The van der Waals surface area contributed by atoms with Gasteiger partial charge in [-0.3, -0.25) is 9.59 Å². The second kappa shape index (κ2) is 9.01. The van der Waals surface area contributed by atoms with Gasteiger partial charge in [0.05, 0.1) is 6.10 Å². The molecule has 1 aromatic rings. The zero-order valence-electron chi connectivity index (χ0n) is 14.1. The number of halogens is 1. The van der Waals surface area contributed by atoms with Gasteiger partial charge in [-0.25, -0.2) is 0 Å². The number of rotatable bonds is 4. The lowest BCUT2D eigenvalue weighted by molar-refractivity contribution is -0.127. The fourth-order valence-electron chi connectivity index (χ4n) is 2.83. The van der Waals surface area contributed by atoms with E-state index in [0.29, 0.717) is 31.4 Å². The van der Waals surface area contributed by atoms with Crippen molar-refractivity contribution in [2.75, 3.05) is 14.1 Å². The molecule has 1 aliphatic rings. The lowest BCUT2D eigenvalue weighted by atomic mass is 9.83. The molecule has 1 fully saturated rings. The summed E-state index contributed by atoms with van der Waals surface area (Å²) in [6.45, 7) is 0.377. The van der Waals surface area contributed by atoms with E-state index in [0.717, 1.165) is 5.56 Å². The summed E-state index contributed by atoms with van der Waals surface area (Å²) in [4.78, 5) is 25.7. The van der Waals surface area contributed by atoms with Crippen LogP contribution in [0.25, 0.3) is 0 Å². The van der Waals surface area contributed by atoms with E-state index in [1.54, 1.807) is 26.2 Å². The molecule has 24 heavy (non-hydrogen) atoms. The molecule has 0 saturated heterocycles. The minimum atomic E-state index is -0.507. The molecule has 0 aliphatic heterocycles. The first-order chi connectivity index (χ1) is 10.9. The Balaban J connectivity index is 0.00000288. The molecular weight excluding hydrogens is 330 g/mol. The van der Waals surface area contributed by atoms with Gasteiger partial charge in [-0.15, -0.1) is 12.4 Å². The number of carbonyl (C=O) groups is 2. The highest BCUT2D eigenvalue weighted by Gasteiger charge is 2.30. The molecule has 6 nitrogen and oxygen atoms in total. The van der Waals surface area contributed by atoms with Crippen LogP contribution in [0.4, 0.5) is 0 Å². The van der Waals surface area contributed by atoms with Crippen LogP contribution in [-0.2, 0) is 11.3 Å². The normalized spacial score (nSPS) is 23.1. The van der Waals surface area contributed by atoms with Crippen molar-refractivity contribution >= 4 is 24.2 Å².